The molecular weight excluding hydrogens is 385 g/mol. The first kappa shape index (κ1) is 15.7. The number of benzene rings is 2. The number of sulfonamides is 1. The van der Waals surface area contributed by atoms with Crippen LogP contribution in [0, 0.1) is 0 Å². The Kier molecular flexibility index (Phi) is 5.80. The first-order valence-corrected chi connectivity index (χ1v) is 9.69. The minimum Gasteiger partial charge on any atom is -0.211 e. The van der Waals surface area contributed by atoms with Crippen LogP contribution in [0.5, 0.6) is 0 Å². The molecule has 0 aliphatic heterocycles. The molecule has 0 atom stereocenters. The van der Waals surface area contributed by atoms with Gasteiger partial charge in [-0.15, -0.1) is 0 Å². The summed E-state index contributed by atoms with van der Waals surface area (Å²) >= 11 is 2.34. The Morgan fingerprint density at radius 3 is 2.50 bits per heavy atom. The van der Waals surface area contributed by atoms with Gasteiger partial charge in [0.1, 0.15) is 0 Å². The summed E-state index contributed by atoms with van der Waals surface area (Å²) in [5.74, 6) is 0. The largest absolute Gasteiger partial charge is 0.241 e. The van der Waals surface area contributed by atoms with Gasteiger partial charge in [0.15, 0.2) is 0 Å². The third-order valence-corrected chi connectivity index (χ3v) is 5.42. The molecule has 0 heterocycles. The molecule has 0 unspecified atom stereocenters. The molecule has 0 spiro atoms. The predicted octanol–water partition coefficient (Wildman–Crippen LogP) is 3.72. The second kappa shape index (κ2) is 7.38. The van der Waals surface area contributed by atoms with Gasteiger partial charge in [0.05, 0.1) is 4.90 Å². The zero-order chi connectivity index (χ0) is 14.4. The van der Waals surface area contributed by atoms with Crippen molar-refractivity contribution in [2.45, 2.75) is 24.2 Å². The van der Waals surface area contributed by atoms with Crippen molar-refractivity contribution in [1.29, 1.82) is 0 Å². The molecule has 3 nitrogen and oxygen atoms in total. The van der Waals surface area contributed by atoms with Gasteiger partial charge < -0.3 is 0 Å². The highest BCUT2D eigenvalue weighted by atomic mass is 127. The normalized spacial score (nSPS) is 11.8. The van der Waals surface area contributed by atoms with Gasteiger partial charge in [0.2, 0.25) is 10.0 Å². The van der Waals surface area contributed by atoms with E-state index in [1.807, 2.05) is 30.3 Å². The Hall–Kier alpha value is -0.660. The maximum Gasteiger partial charge on any atom is 0.241 e. The zero-order valence-corrected chi connectivity index (χ0v) is 14.2. The Balaban J connectivity index is 2.15. The van der Waals surface area contributed by atoms with Gasteiger partial charge in [0, 0.05) is 11.9 Å². The molecule has 0 aliphatic rings. The molecule has 0 amide bonds. The Labute approximate surface area is 134 Å². The van der Waals surface area contributed by atoms with Crippen LogP contribution in [0.15, 0.2) is 47.4 Å². The fraction of sp³-hybridized carbons (Fsp3) is 0.333. The van der Waals surface area contributed by atoms with Gasteiger partial charge >= 0.3 is 0 Å². The zero-order valence-electron chi connectivity index (χ0n) is 11.2. The molecule has 20 heavy (non-hydrogen) atoms. The summed E-state index contributed by atoms with van der Waals surface area (Å²) in [5, 5.41) is 1.72. The number of halogens is 1. The van der Waals surface area contributed by atoms with E-state index in [0.717, 1.165) is 34.5 Å². The number of unbranched alkanes of at least 4 members (excludes halogenated alkanes) is 2. The van der Waals surface area contributed by atoms with Crippen LogP contribution < -0.4 is 4.72 Å². The van der Waals surface area contributed by atoms with E-state index in [-0.39, 0.29) is 0 Å². The van der Waals surface area contributed by atoms with Gasteiger partial charge in [-0.05, 0) is 28.7 Å². The lowest BCUT2D eigenvalue weighted by molar-refractivity contribution is 0.577. The third kappa shape index (κ3) is 3.93. The van der Waals surface area contributed by atoms with E-state index in [0.29, 0.717) is 11.4 Å². The monoisotopic (exact) mass is 403 g/mol. The fourth-order valence-electron chi connectivity index (χ4n) is 2.11. The standard InChI is InChI=1S/C15H18INO2S/c16-11-4-1-5-12-17-20(18,19)15-10-6-8-13-7-2-3-9-14(13)15/h2-3,6-10,17H,1,4-5,11-12H2. The average Bonchev–Trinajstić information content (AvgIpc) is 2.46. The van der Waals surface area contributed by atoms with Crippen molar-refractivity contribution in [1.82, 2.24) is 4.72 Å². The lowest BCUT2D eigenvalue weighted by Crippen LogP contribution is -2.25. The molecular formula is C15H18INO2S. The van der Waals surface area contributed by atoms with Crippen LogP contribution in [0.1, 0.15) is 19.3 Å². The number of alkyl halides is 1. The third-order valence-electron chi connectivity index (χ3n) is 3.14. The average molecular weight is 403 g/mol. The summed E-state index contributed by atoms with van der Waals surface area (Å²) in [6.45, 7) is 0.502. The number of rotatable bonds is 7. The van der Waals surface area contributed by atoms with E-state index in [2.05, 4.69) is 27.3 Å². The van der Waals surface area contributed by atoms with E-state index in [4.69, 9.17) is 0 Å². The minimum atomic E-state index is -3.43. The molecule has 2 aromatic carbocycles. The molecule has 0 bridgehead atoms. The highest BCUT2D eigenvalue weighted by Crippen LogP contribution is 2.22. The van der Waals surface area contributed by atoms with Gasteiger partial charge in [-0.3, -0.25) is 0 Å². The van der Waals surface area contributed by atoms with E-state index >= 15 is 0 Å². The number of nitrogens with one attached hydrogen (secondary N) is 1. The Morgan fingerprint density at radius 2 is 1.70 bits per heavy atom. The first-order valence-electron chi connectivity index (χ1n) is 6.68. The Bertz CT molecular complexity index is 665. The van der Waals surface area contributed by atoms with Gasteiger partial charge in [0.25, 0.3) is 0 Å². The minimum absolute atomic E-state index is 0.365. The number of hydrogen-bond acceptors (Lipinski definition) is 2. The van der Waals surface area contributed by atoms with Crippen molar-refractivity contribution in [3.63, 3.8) is 0 Å². The molecule has 0 fully saturated rings. The van der Waals surface area contributed by atoms with Gasteiger partial charge in [-0.2, -0.15) is 0 Å². The molecule has 1 N–H and O–H groups in total. The van der Waals surface area contributed by atoms with E-state index in [1.165, 1.54) is 0 Å². The summed E-state index contributed by atoms with van der Waals surface area (Å²) in [7, 11) is -3.43. The van der Waals surface area contributed by atoms with Gasteiger partial charge in [-0.25, -0.2) is 13.1 Å². The predicted molar refractivity (Wildman–Crippen MR) is 91.9 cm³/mol. The molecule has 5 heteroatoms. The van der Waals surface area contributed by atoms with E-state index in [1.54, 1.807) is 12.1 Å². The molecule has 2 rings (SSSR count). The molecule has 0 aliphatic carbocycles. The summed E-state index contributed by atoms with van der Waals surface area (Å²) in [4.78, 5) is 0.365. The van der Waals surface area contributed by atoms with E-state index in [9.17, 15) is 8.42 Å². The van der Waals surface area contributed by atoms with Crippen LogP contribution in [0.2, 0.25) is 0 Å². The lowest BCUT2D eigenvalue weighted by atomic mass is 10.1. The second-order valence-corrected chi connectivity index (χ2v) is 7.44. The van der Waals surface area contributed by atoms with Crippen molar-refractivity contribution in [2.75, 3.05) is 11.0 Å². The van der Waals surface area contributed by atoms with Crippen LogP contribution in [-0.4, -0.2) is 19.4 Å². The van der Waals surface area contributed by atoms with Crippen LogP contribution in [-0.2, 0) is 10.0 Å². The topological polar surface area (TPSA) is 46.2 Å². The molecule has 2 aromatic rings. The molecule has 0 radical (unpaired) electrons. The molecule has 0 saturated heterocycles. The summed E-state index contributed by atoms with van der Waals surface area (Å²) in [6, 6.07) is 12.9. The summed E-state index contributed by atoms with van der Waals surface area (Å²) < 4.78 is 28.5. The van der Waals surface area contributed by atoms with Crippen LogP contribution in [0.25, 0.3) is 10.8 Å². The summed E-state index contributed by atoms with van der Waals surface area (Å²) in [5.41, 5.74) is 0. The van der Waals surface area contributed by atoms with Gasteiger partial charge in [-0.1, -0.05) is 65.4 Å². The van der Waals surface area contributed by atoms with E-state index < -0.39 is 10.0 Å². The fourth-order valence-corrected chi connectivity index (χ4v) is 3.95. The molecule has 0 aromatic heterocycles. The molecule has 0 saturated carbocycles. The highest BCUT2D eigenvalue weighted by molar-refractivity contribution is 14.1. The Morgan fingerprint density at radius 1 is 0.950 bits per heavy atom. The summed E-state index contributed by atoms with van der Waals surface area (Å²) in [6.07, 6.45) is 3.07. The lowest BCUT2D eigenvalue weighted by Gasteiger charge is -2.09. The smallest absolute Gasteiger partial charge is 0.211 e. The number of fused-ring (bicyclic) bond motifs is 1. The van der Waals surface area contributed by atoms with Crippen LogP contribution >= 0.6 is 22.6 Å². The van der Waals surface area contributed by atoms with Crippen LogP contribution in [0.3, 0.4) is 0 Å². The maximum atomic E-state index is 12.4. The first-order chi connectivity index (χ1) is 9.65. The SMILES string of the molecule is O=S(=O)(NCCCCCI)c1cccc2ccccc12. The van der Waals surface area contributed by atoms with Crippen molar-refractivity contribution in [2.24, 2.45) is 0 Å². The van der Waals surface area contributed by atoms with Crippen molar-refractivity contribution >= 4 is 43.4 Å². The quantitative estimate of drug-likeness (QED) is 0.435. The van der Waals surface area contributed by atoms with Crippen molar-refractivity contribution in [3.05, 3.63) is 42.5 Å². The highest BCUT2D eigenvalue weighted by Gasteiger charge is 2.15. The second-order valence-electron chi connectivity index (χ2n) is 4.62. The van der Waals surface area contributed by atoms with Crippen molar-refractivity contribution in [3.8, 4) is 0 Å². The van der Waals surface area contributed by atoms with Crippen LogP contribution in [0.4, 0.5) is 0 Å². The molecule has 108 valence electrons. The van der Waals surface area contributed by atoms with Crippen molar-refractivity contribution < 1.29 is 8.42 Å². The maximum absolute atomic E-state index is 12.4. The number of hydrogen-bond donors (Lipinski definition) is 1.